The minimum absolute atomic E-state index is 0.0444. The van der Waals surface area contributed by atoms with Crippen LogP contribution in [0.1, 0.15) is 21.5 Å². The number of methoxy groups -OCH3 is 1. The van der Waals surface area contributed by atoms with Crippen LogP contribution in [-0.4, -0.2) is 54.9 Å². The van der Waals surface area contributed by atoms with Crippen molar-refractivity contribution in [3.05, 3.63) is 65.2 Å². The Balaban J connectivity index is 1.57. The van der Waals surface area contributed by atoms with Crippen molar-refractivity contribution in [2.24, 2.45) is 0 Å². The fourth-order valence-electron chi connectivity index (χ4n) is 3.21. The molecule has 2 aromatic carbocycles. The average Bonchev–Trinajstić information content (AvgIpc) is 2.68. The Kier molecular flexibility index (Phi) is 5.56. The van der Waals surface area contributed by atoms with Crippen molar-refractivity contribution in [1.82, 2.24) is 9.80 Å². The van der Waals surface area contributed by atoms with E-state index in [1.165, 1.54) is 0 Å². The first-order valence-electron chi connectivity index (χ1n) is 8.84. The third kappa shape index (κ3) is 4.04. The van der Waals surface area contributed by atoms with Crippen molar-refractivity contribution in [1.29, 1.82) is 0 Å². The molecule has 1 fully saturated rings. The van der Waals surface area contributed by atoms with Gasteiger partial charge in [0.25, 0.3) is 5.91 Å². The van der Waals surface area contributed by atoms with Gasteiger partial charge in [0, 0.05) is 31.7 Å². The Hall–Kier alpha value is -2.82. The Morgan fingerprint density at radius 2 is 1.65 bits per heavy atom. The number of carbonyl (C=O) groups excluding carboxylic acids is 2. The molecule has 0 N–H and O–H groups in total. The summed E-state index contributed by atoms with van der Waals surface area (Å²) in [5, 5.41) is 0. The summed E-state index contributed by atoms with van der Waals surface area (Å²) in [5.74, 6) is 0.883. The molecular weight excluding hydrogens is 328 g/mol. The van der Waals surface area contributed by atoms with Gasteiger partial charge in [-0.2, -0.15) is 0 Å². The molecule has 2 amide bonds. The summed E-state index contributed by atoms with van der Waals surface area (Å²) >= 11 is 0. The molecule has 0 radical (unpaired) electrons. The molecule has 0 unspecified atom stereocenters. The molecule has 0 aliphatic carbocycles. The Morgan fingerprint density at radius 3 is 2.35 bits per heavy atom. The first kappa shape index (κ1) is 18.0. The zero-order valence-corrected chi connectivity index (χ0v) is 15.3. The van der Waals surface area contributed by atoms with Gasteiger partial charge in [-0.05, 0) is 36.2 Å². The summed E-state index contributed by atoms with van der Waals surface area (Å²) in [4.78, 5) is 28.9. The van der Waals surface area contributed by atoms with Crippen molar-refractivity contribution in [2.45, 2.75) is 13.3 Å². The van der Waals surface area contributed by atoms with E-state index < -0.39 is 0 Å². The predicted octanol–water partition coefficient (Wildman–Crippen LogP) is 2.53. The number of aryl methyl sites for hydroxylation is 1. The van der Waals surface area contributed by atoms with Gasteiger partial charge in [-0.25, -0.2) is 0 Å². The van der Waals surface area contributed by atoms with Crippen LogP contribution in [0.3, 0.4) is 0 Å². The second kappa shape index (κ2) is 8.04. The maximum Gasteiger partial charge on any atom is 0.254 e. The molecule has 0 spiro atoms. The van der Waals surface area contributed by atoms with Crippen LogP contribution in [0.15, 0.2) is 48.5 Å². The van der Waals surface area contributed by atoms with Crippen LogP contribution in [0.25, 0.3) is 0 Å². The van der Waals surface area contributed by atoms with Gasteiger partial charge in [-0.15, -0.1) is 0 Å². The molecule has 1 aliphatic heterocycles. The van der Waals surface area contributed by atoms with Crippen LogP contribution in [0, 0.1) is 6.92 Å². The number of nitrogens with zero attached hydrogens (tertiary/aromatic N) is 2. The number of ether oxygens (including phenoxy) is 1. The number of rotatable bonds is 4. The van der Waals surface area contributed by atoms with E-state index in [9.17, 15) is 9.59 Å². The highest BCUT2D eigenvalue weighted by molar-refractivity contribution is 5.95. The fraction of sp³-hybridized carbons (Fsp3) is 0.333. The highest BCUT2D eigenvalue weighted by Gasteiger charge is 2.25. The lowest BCUT2D eigenvalue weighted by atomic mass is 10.1. The van der Waals surface area contributed by atoms with Gasteiger partial charge in [0.1, 0.15) is 5.75 Å². The largest absolute Gasteiger partial charge is 0.497 e. The van der Waals surface area contributed by atoms with Gasteiger partial charge >= 0.3 is 0 Å². The summed E-state index contributed by atoms with van der Waals surface area (Å²) in [6, 6.07) is 15.2. The molecule has 1 heterocycles. The van der Waals surface area contributed by atoms with Crippen LogP contribution in [0.4, 0.5) is 0 Å². The van der Waals surface area contributed by atoms with E-state index in [1.54, 1.807) is 7.11 Å². The molecule has 1 saturated heterocycles. The molecule has 5 nitrogen and oxygen atoms in total. The Labute approximate surface area is 154 Å². The van der Waals surface area contributed by atoms with E-state index in [0.29, 0.717) is 32.6 Å². The number of amides is 2. The van der Waals surface area contributed by atoms with Gasteiger partial charge in [0.2, 0.25) is 5.91 Å². The van der Waals surface area contributed by atoms with Crippen molar-refractivity contribution >= 4 is 11.8 Å². The predicted molar refractivity (Wildman–Crippen MR) is 100 cm³/mol. The Morgan fingerprint density at radius 1 is 0.962 bits per heavy atom. The summed E-state index contributed by atoms with van der Waals surface area (Å²) in [6.07, 6.45) is 0.350. The van der Waals surface area contributed by atoms with Gasteiger partial charge in [-0.1, -0.05) is 30.3 Å². The topological polar surface area (TPSA) is 49.9 Å². The summed E-state index contributed by atoms with van der Waals surface area (Å²) in [6.45, 7) is 4.22. The van der Waals surface area contributed by atoms with Crippen LogP contribution < -0.4 is 4.74 Å². The number of carbonyl (C=O) groups is 2. The molecule has 0 bridgehead atoms. The van der Waals surface area contributed by atoms with Crippen molar-refractivity contribution < 1.29 is 14.3 Å². The van der Waals surface area contributed by atoms with Gasteiger partial charge in [-0.3, -0.25) is 9.59 Å². The Bertz CT molecular complexity index is 795. The monoisotopic (exact) mass is 352 g/mol. The summed E-state index contributed by atoms with van der Waals surface area (Å²) in [5.41, 5.74) is 2.66. The lowest BCUT2D eigenvalue weighted by Crippen LogP contribution is -2.51. The first-order chi connectivity index (χ1) is 12.6. The molecule has 3 rings (SSSR count). The minimum Gasteiger partial charge on any atom is -0.497 e. The second-order valence-corrected chi connectivity index (χ2v) is 6.52. The van der Waals surface area contributed by atoms with Crippen LogP contribution in [0.2, 0.25) is 0 Å². The van der Waals surface area contributed by atoms with E-state index in [1.807, 2.05) is 65.3 Å². The lowest BCUT2D eigenvalue weighted by molar-refractivity contribution is -0.131. The minimum atomic E-state index is 0.0444. The second-order valence-electron chi connectivity index (χ2n) is 6.52. The third-order valence-electron chi connectivity index (χ3n) is 4.78. The van der Waals surface area contributed by atoms with E-state index in [0.717, 1.165) is 22.4 Å². The number of hydrogen-bond donors (Lipinski definition) is 0. The van der Waals surface area contributed by atoms with E-state index in [-0.39, 0.29) is 11.8 Å². The van der Waals surface area contributed by atoms with Gasteiger partial charge in [0.15, 0.2) is 0 Å². The lowest BCUT2D eigenvalue weighted by Gasteiger charge is -2.35. The van der Waals surface area contributed by atoms with E-state index >= 15 is 0 Å². The zero-order chi connectivity index (χ0) is 18.5. The quantitative estimate of drug-likeness (QED) is 0.850. The molecule has 136 valence electrons. The highest BCUT2D eigenvalue weighted by Crippen LogP contribution is 2.16. The molecule has 26 heavy (non-hydrogen) atoms. The summed E-state index contributed by atoms with van der Waals surface area (Å²) < 4.78 is 5.20. The number of piperazine rings is 1. The third-order valence-corrected chi connectivity index (χ3v) is 4.78. The van der Waals surface area contributed by atoms with Crippen LogP contribution in [0.5, 0.6) is 5.75 Å². The van der Waals surface area contributed by atoms with Crippen molar-refractivity contribution in [2.75, 3.05) is 33.3 Å². The van der Waals surface area contributed by atoms with E-state index in [2.05, 4.69) is 0 Å². The fourth-order valence-corrected chi connectivity index (χ4v) is 3.21. The first-order valence-corrected chi connectivity index (χ1v) is 8.84. The molecular formula is C21H24N2O3. The van der Waals surface area contributed by atoms with Crippen LogP contribution >= 0.6 is 0 Å². The van der Waals surface area contributed by atoms with E-state index in [4.69, 9.17) is 4.74 Å². The summed E-state index contributed by atoms with van der Waals surface area (Å²) in [7, 11) is 1.62. The van der Waals surface area contributed by atoms with Crippen molar-refractivity contribution in [3.8, 4) is 5.75 Å². The highest BCUT2D eigenvalue weighted by atomic mass is 16.5. The maximum atomic E-state index is 12.7. The maximum absolute atomic E-state index is 12.7. The van der Waals surface area contributed by atoms with Crippen LogP contribution in [-0.2, 0) is 11.2 Å². The van der Waals surface area contributed by atoms with Crippen molar-refractivity contribution in [3.63, 3.8) is 0 Å². The average molecular weight is 352 g/mol. The standard InChI is InChI=1S/C21H24N2O3/c1-16-6-3-4-9-19(16)21(25)23-12-10-22(11-13-23)20(24)15-17-7-5-8-18(14-17)26-2/h3-9,14H,10-13,15H2,1-2H3. The van der Waals surface area contributed by atoms with Gasteiger partial charge < -0.3 is 14.5 Å². The smallest absolute Gasteiger partial charge is 0.254 e. The molecule has 5 heteroatoms. The molecule has 0 saturated carbocycles. The molecule has 2 aromatic rings. The zero-order valence-electron chi connectivity index (χ0n) is 15.3. The molecule has 0 atom stereocenters. The van der Waals surface area contributed by atoms with Gasteiger partial charge in [0.05, 0.1) is 13.5 Å². The number of hydrogen-bond acceptors (Lipinski definition) is 3. The number of benzene rings is 2. The molecule has 0 aromatic heterocycles. The molecule has 1 aliphatic rings. The SMILES string of the molecule is COc1cccc(CC(=O)N2CCN(C(=O)c3ccccc3C)CC2)c1. The normalized spacial score (nSPS) is 14.2.